The molecule has 0 saturated carbocycles. The van der Waals surface area contributed by atoms with Crippen molar-refractivity contribution in [2.45, 2.75) is 25.8 Å². The quantitative estimate of drug-likeness (QED) is 0.808. The first kappa shape index (κ1) is 14.3. The molecule has 0 aromatic carbocycles. The molecule has 1 heterocycles. The molecule has 0 radical (unpaired) electrons. The zero-order chi connectivity index (χ0) is 12.7. The van der Waals surface area contributed by atoms with Gasteiger partial charge in [-0.05, 0) is 37.3 Å². The van der Waals surface area contributed by atoms with Crippen molar-refractivity contribution in [3.8, 4) is 0 Å². The number of hydrogen-bond donors (Lipinski definition) is 1. The van der Waals surface area contributed by atoms with E-state index < -0.39 is 0 Å². The molecule has 1 unspecified atom stereocenters. The molecule has 1 atom stereocenters. The number of nitrogens with zero attached hydrogens (tertiary/aromatic N) is 2. The summed E-state index contributed by atoms with van der Waals surface area (Å²) in [6, 6.07) is 4.64. The summed E-state index contributed by atoms with van der Waals surface area (Å²) in [5.74, 6) is 2.21. The highest BCUT2D eigenvalue weighted by Gasteiger charge is 2.16. The van der Waals surface area contributed by atoms with E-state index >= 15 is 0 Å². The molecule has 17 heavy (non-hydrogen) atoms. The lowest BCUT2D eigenvalue weighted by Crippen LogP contribution is -2.34. The number of nitrogens with two attached hydrogens (primary N) is 1. The summed E-state index contributed by atoms with van der Waals surface area (Å²) >= 11 is 1.88. The van der Waals surface area contributed by atoms with Crippen LogP contribution in [0.25, 0.3) is 0 Å². The third-order valence-corrected chi connectivity index (χ3v) is 3.71. The third kappa shape index (κ3) is 3.89. The van der Waals surface area contributed by atoms with Crippen LogP contribution < -0.4 is 10.6 Å². The van der Waals surface area contributed by atoms with Crippen LogP contribution >= 0.6 is 11.8 Å². The average Bonchev–Trinajstić information content (AvgIpc) is 2.36. The van der Waals surface area contributed by atoms with Crippen molar-refractivity contribution in [1.82, 2.24) is 4.98 Å². The molecule has 0 fully saturated rings. The highest BCUT2D eigenvalue weighted by molar-refractivity contribution is 7.98. The highest BCUT2D eigenvalue weighted by atomic mass is 32.2. The molecule has 0 amide bonds. The van der Waals surface area contributed by atoms with Crippen molar-refractivity contribution in [3.05, 3.63) is 23.9 Å². The maximum atomic E-state index is 5.65. The van der Waals surface area contributed by atoms with Crippen LogP contribution in [0.15, 0.2) is 18.3 Å². The van der Waals surface area contributed by atoms with Crippen molar-refractivity contribution >= 4 is 17.6 Å². The molecule has 1 aromatic heterocycles. The number of anilines is 1. The molecule has 3 nitrogen and oxygen atoms in total. The smallest absolute Gasteiger partial charge is 0.131 e. The lowest BCUT2D eigenvalue weighted by atomic mass is 10.1. The Morgan fingerprint density at radius 3 is 2.88 bits per heavy atom. The molecule has 0 saturated heterocycles. The van der Waals surface area contributed by atoms with Gasteiger partial charge in [-0.1, -0.05) is 13.0 Å². The van der Waals surface area contributed by atoms with Crippen molar-refractivity contribution in [3.63, 3.8) is 0 Å². The molecular formula is C13H23N3S. The Hall–Kier alpha value is -0.740. The van der Waals surface area contributed by atoms with Gasteiger partial charge in [0.1, 0.15) is 5.82 Å². The number of rotatable bonds is 7. The van der Waals surface area contributed by atoms with E-state index in [2.05, 4.69) is 36.2 Å². The van der Waals surface area contributed by atoms with Gasteiger partial charge >= 0.3 is 0 Å². The molecule has 2 N–H and O–H groups in total. The maximum absolute atomic E-state index is 5.65. The minimum absolute atomic E-state index is 0.538. The fourth-order valence-corrected chi connectivity index (χ4v) is 2.81. The maximum Gasteiger partial charge on any atom is 0.131 e. The van der Waals surface area contributed by atoms with E-state index in [-0.39, 0.29) is 0 Å². The first-order valence-electron chi connectivity index (χ1n) is 6.10. The van der Waals surface area contributed by atoms with Crippen LogP contribution in [0.2, 0.25) is 0 Å². The second-order valence-corrected chi connectivity index (χ2v) is 5.06. The molecular weight excluding hydrogens is 230 g/mol. The van der Waals surface area contributed by atoms with Crippen LogP contribution in [0.4, 0.5) is 5.82 Å². The molecule has 0 bridgehead atoms. The average molecular weight is 253 g/mol. The Morgan fingerprint density at radius 2 is 2.29 bits per heavy atom. The van der Waals surface area contributed by atoms with Gasteiger partial charge in [0.05, 0.1) is 0 Å². The second-order valence-electron chi connectivity index (χ2n) is 4.15. The van der Waals surface area contributed by atoms with Gasteiger partial charge in [-0.3, -0.25) is 0 Å². The van der Waals surface area contributed by atoms with Crippen LogP contribution in [0, 0.1) is 0 Å². The molecule has 1 rings (SSSR count). The monoisotopic (exact) mass is 253 g/mol. The highest BCUT2D eigenvalue weighted by Crippen LogP contribution is 2.21. The number of thioether (sulfide) groups is 1. The Kier molecular flexibility index (Phi) is 6.37. The Balaban J connectivity index is 2.89. The van der Waals surface area contributed by atoms with E-state index in [4.69, 9.17) is 5.73 Å². The van der Waals surface area contributed by atoms with Crippen LogP contribution in [0.3, 0.4) is 0 Å². The molecule has 1 aromatic rings. The van der Waals surface area contributed by atoms with Crippen molar-refractivity contribution in [2.24, 2.45) is 5.73 Å². The van der Waals surface area contributed by atoms with Crippen molar-refractivity contribution < 1.29 is 0 Å². The van der Waals surface area contributed by atoms with E-state index in [0.29, 0.717) is 12.6 Å². The lowest BCUT2D eigenvalue weighted by Gasteiger charge is -2.29. The number of aromatic nitrogens is 1. The van der Waals surface area contributed by atoms with Crippen molar-refractivity contribution in [2.75, 3.05) is 30.5 Å². The summed E-state index contributed by atoms with van der Waals surface area (Å²) in [6.07, 6.45) is 6.03. The van der Waals surface area contributed by atoms with Gasteiger partial charge in [-0.2, -0.15) is 11.8 Å². The van der Waals surface area contributed by atoms with Crippen molar-refractivity contribution in [1.29, 1.82) is 0 Å². The Bertz CT molecular complexity index is 330. The summed E-state index contributed by atoms with van der Waals surface area (Å²) < 4.78 is 0. The molecule has 0 aliphatic heterocycles. The first-order chi connectivity index (χ1) is 8.24. The molecule has 0 aliphatic carbocycles. The number of pyridine rings is 1. The predicted molar refractivity (Wildman–Crippen MR) is 77.9 cm³/mol. The second kappa shape index (κ2) is 7.56. The molecule has 4 heteroatoms. The van der Waals surface area contributed by atoms with Gasteiger partial charge in [0.15, 0.2) is 0 Å². The third-order valence-electron chi connectivity index (χ3n) is 2.99. The van der Waals surface area contributed by atoms with E-state index in [1.165, 1.54) is 5.56 Å². The summed E-state index contributed by atoms with van der Waals surface area (Å²) in [5, 5.41) is 0. The van der Waals surface area contributed by atoms with Crippen LogP contribution in [0.1, 0.15) is 18.9 Å². The Morgan fingerprint density at radius 1 is 1.53 bits per heavy atom. The molecule has 0 spiro atoms. The van der Waals surface area contributed by atoms with E-state index in [9.17, 15) is 0 Å². The fraction of sp³-hybridized carbons (Fsp3) is 0.615. The van der Waals surface area contributed by atoms with Gasteiger partial charge in [-0.15, -0.1) is 0 Å². The van der Waals surface area contributed by atoms with Gasteiger partial charge in [0.25, 0.3) is 0 Å². The topological polar surface area (TPSA) is 42.2 Å². The van der Waals surface area contributed by atoms with Gasteiger partial charge in [-0.25, -0.2) is 4.98 Å². The number of hydrogen-bond acceptors (Lipinski definition) is 4. The fourth-order valence-electron chi connectivity index (χ4n) is 1.97. The molecule has 96 valence electrons. The summed E-state index contributed by atoms with van der Waals surface area (Å²) in [5.41, 5.74) is 6.89. The van der Waals surface area contributed by atoms with E-state index in [1.54, 1.807) is 0 Å². The predicted octanol–water partition coefficient (Wildman–Crippen LogP) is 2.16. The van der Waals surface area contributed by atoms with Gasteiger partial charge < -0.3 is 10.6 Å². The van der Waals surface area contributed by atoms with Crippen LogP contribution in [0.5, 0.6) is 0 Å². The van der Waals surface area contributed by atoms with E-state index in [0.717, 1.165) is 24.4 Å². The normalized spacial score (nSPS) is 12.5. The lowest BCUT2D eigenvalue weighted by molar-refractivity contribution is 0.662. The standard InChI is InChI=1S/C13H23N3S/c1-4-12(10-17-3)16(2)13-11(7-8-14)6-5-9-15-13/h5-6,9,12H,4,7-8,10,14H2,1-3H3. The molecule has 0 aliphatic rings. The SMILES string of the molecule is CCC(CSC)N(C)c1ncccc1CCN. The van der Waals surface area contributed by atoms with Gasteiger partial charge in [0, 0.05) is 25.0 Å². The first-order valence-corrected chi connectivity index (χ1v) is 7.49. The zero-order valence-corrected chi connectivity index (χ0v) is 11.8. The minimum atomic E-state index is 0.538. The van der Waals surface area contributed by atoms with E-state index in [1.807, 2.05) is 24.0 Å². The summed E-state index contributed by atoms with van der Waals surface area (Å²) in [4.78, 5) is 6.80. The minimum Gasteiger partial charge on any atom is -0.356 e. The summed E-state index contributed by atoms with van der Waals surface area (Å²) in [7, 11) is 2.13. The summed E-state index contributed by atoms with van der Waals surface area (Å²) in [6.45, 7) is 2.90. The Labute approximate surface area is 109 Å². The van der Waals surface area contributed by atoms with Gasteiger partial charge in [0.2, 0.25) is 0 Å². The van der Waals surface area contributed by atoms with Crippen LogP contribution in [-0.4, -0.2) is 36.6 Å². The largest absolute Gasteiger partial charge is 0.356 e. The van der Waals surface area contributed by atoms with Crippen LogP contribution in [-0.2, 0) is 6.42 Å². The zero-order valence-electron chi connectivity index (χ0n) is 11.0.